The van der Waals surface area contributed by atoms with E-state index < -0.39 is 23.0 Å². The predicted octanol–water partition coefficient (Wildman–Crippen LogP) is 4.37. The zero-order valence-corrected chi connectivity index (χ0v) is 20.0. The van der Waals surface area contributed by atoms with E-state index >= 15 is 4.39 Å². The molecule has 2 aliphatic carbocycles. The van der Waals surface area contributed by atoms with Crippen molar-refractivity contribution < 1.29 is 22.8 Å². The minimum atomic E-state index is -0.981. The van der Waals surface area contributed by atoms with E-state index in [1.165, 1.54) is 6.07 Å². The molecule has 0 N–H and O–H groups in total. The van der Waals surface area contributed by atoms with Crippen LogP contribution in [-0.2, 0) is 9.59 Å². The fourth-order valence-electron chi connectivity index (χ4n) is 5.07. The molecule has 2 aromatic carbocycles. The predicted molar refractivity (Wildman–Crippen MR) is 128 cm³/mol. The summed E-state index contributed by atoms with van der Waals surface area (Å²) in [5.41, 5.74) is 0.249. The van der Waals surface area contributed by atoms with Crippen LogP contribution in [0.15, 0.2) is 35.3 Å². The first-order valence-corrected chi connectivity index (χ1v) is 12.9. The molecule has 0 radical (unpaired) electrons. The molecule has 3 heterocycles. The molecule has 0 unspecified atom stereocenters. The van der Waals surface area contributed by atoms with E-state index in [1.54, 1.807) is 17.0 Å². The molecule has 3 fully saturated rings. The average Bonchev–Trinajstić information content (AvgIpc) is 3.74. The second kappa shape index (κ2) is 7.61. The molecule has 36 heavy (non-hydrogen) atoms. The lowest BCUT2D eigenvalue weighted by Crippen LogP contribution is -2.55. The number of thiazole rings is 1. The van der Waals surface area contributed by atoms with Crippen LogP contribution in [0.1, 0.15) is 31.2 Å². The first kappa shape index (κ1) is 22.0. The van der Waals surface area contributed by atoms with Crippen LogP contribution in [0.3, 0.4) is 0 Å². The third-order valence-electron chi connectivity index (χ3n) is 7.47. The van der Waals surface area contributed by atoms with Gasteiger partial charge in [0.25, 0.3) is 5.91 Å². The van der Waals surface area contributed by atoms with Crippen molar-refractivity contribution in [1.29, 1.82) is 0 Å². The normalized spacial score (nSPS) is 20.9. The lowest BCUT2D eigenvalue weighted by molar-refractivity contribution is -0.139. The van der Waals surface area contributed by atoms with Crippen molar-refractivity contribution in [2.24, 2.45) is 16.8 Å². The van der Waals surface area contributed by atoms with Gasteiger partial charge in [-0.05, 0) is 43.9 Å². The molecular weight excluding hydrogens is 489 g/mol. The van der Waals surface area contributed by atoms with Crippen LogP contribution in [0.4, 0.5) is 13.2 Å². The van der Waals surface area contributed by atoms with Crippen molar-refractivity contribution >= 4 is 39.2 Å². The fourth-order valence-corrected chi connectivity index (χ4v) is 6.03. The maximum Gasteiger partial charge on any atom is 0.256 e. The van der Waals surface area contributed by atoms with Gasteiger partial charge in [-0.1, -0.05) is 6.07 Å². The van der Waals surface area contributed by atoms with Crippen molar-refractivity contribution in [2.75, 3.05) is 19.6 Å². The SMILES string of the molecule is O=C(C1CC1)N1CC(CN2C(=O)C3(CC3)N=C2c2ccc(-c3nc4cc(F)c(F)cc4s3)cc2F)C1. The molecular formula is C26H21F3N4O2S. The van der Waals surface area contributed by atoms with Gasteiger partial charge in [0.05, 0.1) is 15.8 Å². The lowest BCUT2D eigenvalue weighted by Gasteiger charge is -2.41. The molecule has 0 bridgehead atoms. The standard InChI is InChI=1S/C26H21F3N4O2S/c27-17-7-15(23-30-20-8-18(28)19(29)9-21(20)36-23)3-4-16(17)22-31-26(5-6-26)25(35)33(22)12-13-10-32(11-13)24(34)14-1-2-14/h3-4,7-9,13-14H,1-2,5-6,10-12H2. The molecule has 184 valence electrons. The van der Waals surface area contributed by atoms with Crippen LogP contribution in [0, 0.1) is 29.3 Å². The Morgan fingerprint density at radius 1 is 1.06 bits per heavy atom. The molecule has 6 nitrogen and oxygen atoms in total. The number of halogens is 3. The van der Waals surface area contributed by atoms with Gasteiger partial charge in [0.2, 0.25) is 5.91 Å². The number of carbonyl (C=O) groups excluding carboxylic acids is 2. The van der Waals surface area contributed by atoms with Crippen LogP contribution in [0.5, 0.6) is 0 Å². The van der Waals surface area contributed by atoms with Crippen LogP contribution in [0.2, 0.25) is 0 Å². The Labute approximate surface area is 208 Å². The van der Waals surface area contributed by atoms with Crippen LogP contribution in [-0.4, -0.2) is 57.6 Å². The van der Waals surface area contributed by atoms with E-state index in [9.17, 15) is 18.4 Å². The highest BCUT2D eigenvalue weighted by Crippen LogP contribution is 2.46. The second-order valence-electron chi connectivity index (χ2n) is 10.2. The van der Waals surface area contributed by atoms with Gasteiger partial charge in [0.15, 0.2) is 11.6 Å². The molecule has 7 rings (SSSR count). The number of aliphatic imine (C=N–C) groups is 1. The van der Waals surface area contributed by atoms with Crippen LogP contribution < -0.4 is 0 Å². The highest BCUT2D eigenvalue weighted by molar-refractivity contribution is 7.21. The molecule has 2 aliphatic heterocycles. The summed E-state index contributed by atoms with van der Waals surface area (Å²) in [6.07, 6.45) is 3.23. The molecule has 2 saturated carbocycles. The zero-order chi connectivity index (χ0) is 24.8. The Morgan fingerprint density at radius 2 is 1.81 bits per heavy atom. The van der Waals surface area contributed by atoms with E-state index in [4.69, 9.17) is 0 Å². The van der Waals surface area contributed by atoms with Gasteiger partial charge in [-0.2, -0.15) is 0 Å². The number of carbonyl (C=O) groups is 2. The smallest absolute Gasteiger partial charge is 0.256 e. The minimum absolute atomic E-state index is 0.0943. The maximum absolute atomic E-state index is 15.4. The summed E-state index contributed by atoms with van der Waals surface area (Å²) in [5.74, 6) is -1.72. The molecule has 1 aromatic heterocycles. The molecule has 10 heteroatoms. The van der Waals surface area contributed by atoms with Crippen molar-refractivity contribution in [3.63, 3.8) is 0 Å². The van der Waals surface area contributed by atoms with Gasteiger partial charge in [0.1, 0.15) is 22.2 Å². The van der Waals surface area contributed by atoms with E-state index in [0.29, 0.717) is 59.1 Å². The largest absolute Gasteiger partial charge is 0.342 e. The number of likely N-dealkylation sites (tertiary alicyclic amines) is 1. The topological polar surface area (TPSA) is 65.9 Å². The quantitative estimate of drug-likeness (QED) is 0.512. The highest BCUT2D eigenvalue weighted by atomic mass is 32.1. The zero-order valence-electron chi connectivity index (χ0n) is 19.1. The Kier molecular flexibility index (Phi) is 4.65. The summed E-state index contributed by atoms with van der Waals surface area (Å²) < 4.78 is 43.0. The number of hydrogen-bond donors (Lipinski definition) is 0. The number of rotatable bonds is 5. The monoisotopic (exact) mass is 510 g/mol. The lowest BCUT2D eigenvalue weighted by atomic mass is 9.98. The Balaban J connectivity index is 1.15. The van der Waals surface area contributed by atoms with Crippen molar-refractivity contribution in [2.45, 2.75) is 31.2 Å². The third kappa shape index (κ3) is 3.45. The van der Waals surface area contributed by atoms with E-state index in [2.05, 4.69) is 9.98 Å². The number of amidine groups is 1. The van der Waals surface area contributed by atoms with E-state index in [-0.39, 0.29) is 29.2 Å². The maximum atomic E-state index is 15.4. The number of benzene rings is 2. The molecule has 1 spiro atoms. The number of hydrogen-bond acceptors (Lipinski definition) is 5. The third-order valence-corrected chi connectivity index (χ3v) is 8.53. The van der Waals surface area contributed by atoms with Gasteiger partial charge < -0.3 is 4.90 Å². The summed E-state index contributed by atoms with van der Waals surface area (Å²) in [7, 11) is 0. The van der Waals surface area contributed by atoms with Crippen LogP contribution >= 0.6 is 11.3 Å². The first-order valence-electron chi connectivity index (χ1n) is 12.1. The van der Waals surface area contributed by atoms with Gasteiger partial charge in [-0.25, -0.2) is 18.2 Å². The molecule has 2 amide bonds. The molecule has 3 aromatic rings. The van der Waals surface area contributed by atoms with Gasteiger partial charge >= 0.3 is 0 Å². The molecule has 0 atom stereocenters. The summed E-state index contributed by atoms with van der Waals surface area (Å²) in [4.78, 5) is 37.9. The van der Waals surface area contributed by atoms with Crippen molar-refractivity contribution in [3.8, 4) is 10.6 Å². The molecule has 4 aliphatic rings. The van der Waals surface area contributed by atoms with Gasteiger partial charge in [-0.3, -0.25) is 19.5 Å². The van der Waals surface area contributed by atoms with Gasteiger partial charge in [0, 0.05) is 43.1 Å². The number of nitrogens with zero attached hydrogens (tertiary/aromatic N) is 4. The number of amides is 2. The second-order valence-corrected chi connectivity index (χ2v) is 11.2. The van der Waals surface area contributed by atoms with Crippen molar-refractivity contribution in [3.05, 3.63) is 53.3 Å². The summed E-state index contributed by atoms with van der Waals surface area (Å²) in [6, 6.07) is 6.71. The minimum Gasteiger partial charge on any atom is -0.342 e. The Hall–Kier alpha value is -3.27. The van der Waals surface area contributed by atoms with Crippen molar-refractivity contribution in [1.82, 2.24) is 14.8 Å². The Morgan fingerprint density at radius 3 is 2.50 bits per heavy atom. The summed E-state index contributed by atoms with van der Waals surface area (Å²) in [6.45, 7) is 1.63. The number of aromatic nitrogens is 1. The fraction of sp³-hybridized carbons (Fsp3) is 0.385. The highest BCUT2D eigenvalue weighted by Gasteiger charge is 2.58. The van der Waals surface area contributed by atoms with E-state index in [1.807, 2.05) is 4.90 Å². The van der Waals surface area contributed by atoms with Crippen LogP contribution in [0.25, 0.3) is 20.8 Å². The van der Waals surface area contributed by atoms with Gasteiger partial charge in [-0.15, -0.1) is 11.3 Å². The summed E-state index contributed by atoms with van der Waals surface area (Å²) >= 11 is 1.15. The van der Waals surface area contributed by atoms with E-state index in [0.717, 1.165) is 36.3 Å². The average molecular weight is 511 g/mol. The summed E-state index contributed by atoms with van der Waals surface area (Å²) in [5, 5.41) is 0.440. The molecule has 1 saturated heterocycles. The Bertz CT molecular complexity index is 1450. The number of fused-ring (bicyclic) bond motifs is 1. The first-order chi connectivity index (χ1) is 17.3.